The van der Waals surface area contributed by atoms with Gasteiger partial charge in [0.1, 0.15) is 0 Å². The number of pyridine rings is 2. The molecule has 0 aliphatic carbocycles. The van der Waals surface area contributed by atoms with Crippen molar-refractivity contribution in [1.29, 1.82) is 0 Å². The largest absolute Gasteiger partial charge is 1.00 e. The van der Waals surface area contributed by atoms with E-state index in [0.29, 0.717) is 23.4 Å². The molecule has 4 aromatic rings. The SMILES string of the molecule is O=C([O-])c1ccccc1C1NC(c2ccccn2)C(c2ccccc2C(=O)[O-])N1Cc1ccccn1.[Na+]. The van der Waals surface area contributed by atoms with Gasteiger partial charge in [-0.25, -0.2) is 0 Å². The van der Waals surface area contributed by atoms with Crippen molar-refractivity contribution in [3.8, 4) is 0 Å². The molecule has 1 saturated heterocycles. The van der Waals surface area contributed by atoms with E-state index < -0.39 is 30.2 Å². The van der Waals surface area contributed by atoms with Gasteiger partial charge in [-0.05, 0) is 35.4 Å². The first kappa shape index (κ1) is 26.7. The van der Waals surface area contributed by atoms with Crippen molar-refractivity contribution in [3.63, 3.8) is 0 Å². The Balaban J connectivity index is 0.00000320. The first-order valence-electron chi connectivity index (χ1n) is 11.5. The van der Waals surface area contributed by atoms with Gasteiger partial charge in [-0.1, -0.05) is 60.7 Å². The summed E-state index contributed by atoms with van der Waals surface area (Å²) in [5.41, 5.74) is 2.58. The van der Waals surface area contributed by atoms with Gasteiger partial charge in [-0.15, -0.1) is 0 Å². The molecule has 1 fully saturated rings. The molecular weight excluding hydrogens is 479 g/mol. The number of aromatic nitrogens is 2. The number of benzene rings is 2. The molecule has 37 heavy (non-hydrogen) atoms. The van der Waals surface area contributed by atoms with E-state index in [2.05, 4.69) is 15.3 Å². The number of nitrogens with one attached hydrogen (secondary N) is 1. The van der Waals surface area contributed by atoms with Gasteiger partial charge in [0.05, 0.1) is 41.6 Å². The number of hydrogen-bond acceptors (Lipinski definition) is 8. The van der Waals surface area contributed by atoms with E-state index >= 15 is 0 Å². The van der Waals surface area contributed by atoms with E-state index in [0.717, 1.165) is 5.69 Å². The molecule has 0 spiro atoms. The number of hydrogen-bond donors (Lipinski definition) is 1. The second-order valence-electron chi connectivity index (χ2n) is 8.49. The molecule has 9 heteroatoms. The number of rotatable bonds is 7. The maximum absolute atomic E-state index is 12.1. The predicted octanol–water partition coefficient (Wildman–Crippen LogP) is -1.21. The molecule has 1 aliphatic heterocycles. The minimum atomic E-state index is -1.29. The van der Waals surface area contributed by atoms with Gasteiger partial charge in [-0.3, -0.25) is 20.2 Å². The number of carboxylic acid groups (broad SMARTS) is 2. The summed E-state index contributed by atoms with van der Waals surface area (Å²) in [6, 6.07) is 23.4. The van der Waals surface area contributed by atoms with Crippen LogP contribution in [0.15, 0.2) is 97.3 Å². The van der Waals surface area contributed by atoms with Gasteiger partial charge < -0.3 is 19.8 Å². The molecule has 3 heterocycles. The van der Waals surface area contributed by atoms with E-state index in [4.69, 9.17) is 0 Å². The second kappa shape index (κ2) is 11.8. The van der Waals surface area contributed by atoms with Gasteiger partial charge in [0.2, 0.25) is 0 Å². The molecule has 0 bridgehead atoms. The average Bonchev–Trinajstić information content (AvgIpc) is 3.28. The van der Waals surface area contributed by atoms with Crippen molar-refractivity contribution in [2.75, 3.05) is 0 Å². The number of carbonyl (C=O) groups excluding carboxylic acids is 2. The fourth-order valence-electron chi connectivity index (χ4n) is 4.87. The zero-order chi connectivity index (χ0) is 25.1. The fourth-order valence-corrected chi connectivity index (χ4v) is 4.87. The third kappa shape index (κ3) is 5.49. The zero-order valence-electron chi connectivity index (χ0n) is 20.2. The summed E-state index contributed by atoms with van der Waals surface area (Å²) in [4.78, 5) is 35.2. The van der Waals surface area contributed by atoms with Crippen LogP contribution in [0.1, 0.15) is 61.5 Å². The summed E-state index contributed by atoms with van der Waals surface area (Å²) >= 11 is 0. The Hall–Kier alpha value is -3.40. The molecule has 1 N–H and O–H groups in total. The Bertz CT molecular complexity index is 1390. The van der Waals surface area contributed by atoms with Crippen LogP contribution in [0.25, 0.3) is 0 Å². The Labute approximate surface area is 236 Å². The third-order valence-corrected chi connectivity index (χ3v) is 6.39. The predicted molar refractivity (Wildman–Crippen MR) is 127 cm³/mol. The van der Waals surface area contributed by atoms with E-state index in [1.165, 1.54) is 12.1 Å². The summed E-state index contributed by atoms with van der Waals surface area (Å²) in [5.74, 6) is -2.58. The normalized spacial score (nSPS) is 19.2. The minimum absolute atomic E-state index is 0. The molecule has 3 atom stereocenters. The molecule has 180 valence electrons. The number of carboxylic acids is 2. The Morgan fingerprint density at radius 2 is 1.32 bits per heavy atom. The Morgan fingerprint density at radius 1 is 0.757 bits per heavy atom. The van der Waals surface area contributed by atoms with Crippen LogP contribution in [-0.2, 0) is 6.54 Å². The van der Waals surface area contributed by atoms with Crippen LogP contribution in [0, 0.1) is 0 Å². The molecule has 5 rings (SSSR count). The minimum Gasteiger partial charge on any atom is -0.545 e. The molecule has 0 saturated carbocycles. The van der Waals surface area contributed by atoms with Crippen LogP contribution in [0.3, 0.4) is 0 Å². The summed E-state index contributed by atoms with van der Waals surface area (Å²) in [6.07, 6.45) is 2.75. The second-order valence-corrected chi connectivity index (χ2v) is 8.49. The Morgan fingerprint density at radius 3 is 1.92 bits per heavy atom. The van der Waals surface area contributed by atoms with Gasteiger partial charge in [0.25, 0.3) is 0 Å². The monoisotopic (exact) mass is 501 g/mol. The van der Waals surface area contributed by atoms with Crippen molar-refractivity contribution < 1.29 is 49.4 Å². The van der Waals surface area contributed by atoms with Crippen molar-refractivity contribution in [3.05, 3.63) is 131 Å². The maximum Gasteiger partial charge on any atom is 1.00 e. The molecule has 3 unspecified atom stereocenters. The number of carbonyl (C=O) groups is 2. The van der Waals surface area contributed by atoms with Crippen molar-refractivity contribution in [2.45, 2.75) is 24.8 Å². The van der Waals surface area contributed by atoms with Gasteiger partial charge in [0.15, 0.2) is 0 Å². The first-order valence-corrected chi connectivity index (χ1v) is 11.5. The smallest absolute Gasteiger partial charge is 0.545 e. The summed E-state index contributed by atoms with van der Waals surface area (Å²) < 4.78 is 0. The van der Waals surface area contributed by atoms with E-state index in [9.17, 15) is 19.8 Å². The summed E-state index contributed by atoms with van der Waals surface area (Å²) in [5, 5.41) is 27.7. The molecular formula is C28H22N4NaO4-. The topological polar surface area (TPSA) is 121 Å². The van der Waals surface area contributed by atoms with Crippen molar-refractivity contribution >= 4 is 11.9 Å². The molecule has 0 radical (unpaired) electrons. The van der Waals surface area contributed by atoms with Crippen LogP contribution in [0.2, 0.25) is 0 Å². The van der Waals surface area contributed by atoms with Crippen LogP contribution in [0.4, 0.5) is 0 Å². The van der Waals surface area contributed by atoms with Gasteiger partial charge >= 0.3 is 29.6 Å². The third-order valence-electron chi connectivity index (χ3n) is 6.39. The molecule has 1 aliphatic rings. The van der Waals surface area contributed by atoms with Crippen LogP contribution in [0.5, 0.6) is 0 Å². The van der Waals surface area contributed by atoms with Crippen molar-refractivity contribution in [1.82, 2.24) is 20.2 Å². The molecule has 2 aromatic heterocycles. The molecule has 0 amide bonds. The van der Waals surface area contributed by atoms with E-state index in [-0.39, 0.29) is 40.7 Å². The first-order chi connectivity index (χ1) is 17.5. The standard InChI is InChI=1S/C28H24N4O4.Na/c33-27(34)21-12-3-1-10-19(21)25-24(23-14-6-8-16-30-23)31-26(20-11-2-4-13-22(20)28(35)36)32(25)17-18-9-5-7-15-29-18;/h1-16,24-26,31H,17H2,(H,33,34)(H,35,36);/q;+1/p-2. The van der Waals surface area contributed by atoms with Crippen molar-refractivity contribution in [2.24, 2.45) is 0 Å². The Kier molecular flexibility index (Phi) is 8.48. The van der Waals surface area contributed by atoms with Gasteiger partial charge in [-0.2, -0.15) is 0 Å². The number of aromatic carboxylic acids is 2. The quantitative estimate of drug-likeness (QED) is 0.314. The molecule has 2 aromatic carbocycles. The summed E-state index contributed by atoms with van der Waals surface area (Å²) in [7, 11) is 0. The van der Waals surface area contributed by atoms with E-state index in [1.54, 1.807) is 54.9 Å². The van der Waals surface area contributed by atoms with Crippen LogP contribution >= 0.6 is 0 Å². The van der Waals surface area contributed by atoms with Crippen LogP contribution in [-0.4, -0.2) is 26.8 Å². The summed E-state index contributed by atoms with van der Waals surface area (Å²) in [6.45, 7) is 0.315. The number of nitrogens with zero attached hydrogens (tertiary/aromatic N) is 3. The van der Waals surface area contributed by atoms with E-state index in [1.807, 2.05) is 35.2 Å². The van der Waals surface area contributed by atoms with Gasteiger partial charge in [0, 0.05) is 30.1 Å². The average molecular weight is 501 g/mol. The maximum atomic E-state index is 12.1. The zero-order valence-corrected chi connectivity index (χ0v) is 22.2. The molecule has 8 nitrogen and oxygen atoms in total. The fraction of sp³-hybridized carbons (Fsp3) is 0.143. The van der Waals surface area contributed by atoms with Crippen LogP contribution < -0.4 is 45.1 Å².